The van der Waals surface area contributed by atoms with Crippen LogP contribution in [0, 0.1) is 41.5 Å². The van der Waals surface area contributed by atoms with E-state index in [0.29, 0.717) is 39.3 Å². The van der Waals surface area contributed by atoms with Crippen molar-refractivity contribution in [2.75, 3.05) is 6.54 Å². The first-order valence-corrected chi connectivity index (χ1v) is 21.4. The molecule has 0 saturated heterocycles. The minimum Gasteiger partial charge on any atom is -0.507 e. The van der Waals surface area contributed by atoms with Gasteiger partial charge in [-0.15, -0.1) is 0 Å². The van der Waals surface area contributed by atoms with Crippen LogP contribution in [0.2, 0.25) is 0 Å². The Morgan fingerprint density at radius 1 is 0.695 bits per heavy atom. The number of aromatic hydroxyl groups is 2. The second kappa shape index (κ2) is 21.6. The first-order chi connectivity index (χ1) is 28.4. The van der Waals surface area contributed by atoms with E-state index in [9.17, 15) is 10.2 Å². The molecule has 4 N–H and O–H groups in total. The summed E-state index contributed by atoms with van der Waals surface area (Å²) in [7, 11) is 0. The van der Waals surface area contributed by atoms with E-state index in [1.54, 1.807) is 0 Å². The zero-order valence-corrected chi connectivity index (χ0v) is 36.9. The molecule has 59 heavy (non-hydrogen) atoms. The largest absolute Gasteiger partial charge is 0.507 e. The number of allylic oxidation sites excluding steroid dienone is 4. The molecule has 1 atom stereocenters. The average molecular weight is 795 g/mol. The van der Waals surface area contributed by atoms with Crippen LogP contribution >= 0.6 is 0 Å². The molecule has 0 bridgehead atoms. The molecule has 0 heterocycles. The Morgan fingerprint density at radius 2 is 1.29 bits per heavy atom. The fourth-order valence-corrected chi connectivity index (χ4v) is 8.13. The number of hydrogen-bond donors (Lipinski definition) is 4. The minimum absolute atomic E-state index is 0.159. The van der Waals surface area contributed by atoms with E-state index in [0.717, 1.165) is 64.2 Å². The van der Waals surface area contributed by atoms with Gasteiger partial charge in [0.2, 0.25) is 0 Å². The maximum atomic E-state index is 11.7. The zero-order valence-electron chi connectivity index (χ0n) is 36.9. The van der Waals surface area contributed by atoms with Gasteiger partial charge in [0.15, 0.2) is 0 Å². The van der Waals surface area contributed by atoms with Crippen LogP contribution < -0.4 is 15.4 Å². The predicted molar refractivity (Wildman–Crippen MR) is 246 cm³/mol. The van der Waals surface area contributed by atoms with Gasteiger partial charge in [0.1, 0.15) is 36.2 Å². The highest BCUT2D eigenvalue weighted by Crippen LogP contribution is 2.38. The van der Waals surface area contributed by atoms with Gasteiger partial charge in [0.25, 0.3) is 0 Å². The van der Waals surface area contributed by atoms with Crippen molar-refractivity contribution in [3.63, 3.8) is 0 Å². The van der Waals surface area contributed by atoms with Gasteiger partial charge < -0.3 is 30.3 Å². The van der Waals surface area contributed by atoms with Gasteiger partial charge in [-0.1, -0.05) is 129 Å². The Hall–Kier alpha value is -5.30. The smallest absolute Gasteiger partial charge is 0.128 e. The van der Waals surface area contributed by atoms with Gasteiger partial charge in [-0.3, -0.25) is 0 Å². The van der Waals surface area contributed by atoms with Crippen molar-refractivity contribution in [3.05, 3.63) is 164 Å². The van der Waals surface area contributed by atoms with E-state index in [-0.39, 0.29) is 17.5 Å². The molecular formula is C53H66N2O4. The average Bonchev–Trinajstić information content (AvgIpc) is 3.20. The molecule has 0 aliphatic rings. The molecular weight excluding hydrogens is 729 g/mol. The van der Waals surface area contributed by atoms with E-state index in [1.807, 2.05) is 79.7 Å². The van der Waals surface area contributed by atoms with Crippen LogP contribution in [0.25, 0.3) is 16.7 Å². The highest BCUT2D eigenvalue weighted by molar-refractivity contribution is 5.80. The topological polar surface area (TPSA) is 83.0 Å². The summed E-state index contributed by atoms with van der Waals surface area (Å²) in [5.74, 6) is 2.11. The fourth-order valence-electron chi connectivity index (χ4n) is 8.13. The molecule has 6 heteroatoms. The number of benzene rings is 5. The summed E-state index contributed by atoms with van der Waals surface area (Å²) < 4.78 is 12.9. The van der Waals surface area contributed by atoms with Gasteiger partial charge in [-0.2, -0.15) is 0 Å². The number of ether oxygens (including phenoxy) is 2. The van der Waals surface area contributed by atoms with Gasteiger partial charge in [0, 0.05) is 65.5 Å². The van der Waals surface area contributed by atoms with Crippen molar-refractivity contribution in [1.29, 1.82) is 0 Å². The molecule has 5 aromatic carbocycles. The summed E-state index contributed by atoms with van der Waals surface area (Å²) in [6.45, 7) is 21.7. The standard InChI is InChI=1S/C53H66N2O4/c1-10-13-21-43(55-31-42-20-17-23-46(53(42)57)44(18-11-2)50(12-3)58-33-48-37(6)26-35(4)27-38(48)7)32-54-30-41-19-16-24-47(52(41)56)45-22-14-15-25-51(45)59-34-49-39(8)28-36(5)29-40(49)9/h11,14-20,22-29,43,54-57H,10,12-13,21,30-34H2,1-9H3/b18-11-,50-44-/t43-/m0/s1. The normalized spacial score (nSPS) is 12.5. The van der Waals surface area contributed by atoms with Gasteiger partial charge in [0.05, 0.1) is 0 Å². The lowest BCUT2D eigenvalue weighted by Crippen LogP contribution is -2.38. The van der Waals surface area contributed by atoms with Crippen molar-refractivity contribution in [3.8, 4) is 28.4 Å². The summed E-state index contributed by atoms with van der Waals surface area (Å²) in [6, 6.07) is 28.8. The molecule has 0 aliphatic heterocycles. The maximum Gasteiger partial charge on any atom is 0.128 e. The lowest BCUT2D eigenvalue weighted by atomic mass is 9.98. The maximum absolute atomic E-state index is 11.7. The van der Waals surface area contributed by atoms with E-state index in [4.69, 9.17) is 9.47 Å². The molecule has 0 unspecified atom stereocenters. The Balaban J connectivity index is 1.27. The van der Waals surface area contributed by atoms with Crippen molar-refractivity contribution in [1.82, 2.24) is 10.6 Å². The monoisotopic (exact) mass is 795 g/mol. The summed E-state index contributed by atoms with van der Waals surface area (Å²) in [6.07, 6.45) is 7.89. The molecule has 0 aromatic heterocycles. The number of phenols is 2. The molecule has 0 spiro atoms. The molecule has 5 aromatic rings. The number of para-hydroxylation sites is 3. The van der Waals surface area contributed by atoms with Crippen LogP contribution in [-0.4, -0.2) is 22.8 Å². The molecule has 5 rings (SSSR count). The van der Waals surface area contributed by atoms with Crippen LogP contribution in [0.15, 0.2) is 103 Å². The highest BCUT2D eigenvalue weighted by Gasteiger charge is 2.18. The van der Waals surface area contributed by atoms with Crippen LogP contribution in [0.5, 0.6) is 17.2 Å². The van der Waals surface area contributed by atoms with E-state index in [2.05, 4.69) is 90.3 Å². The summed E-state index contributed by atoms with van der Waals surface area (Å²) in [5, 5.41) is 30.7. The second-order valence-electron chi connectivity index (χ2n) is 16.0. The summed E-state index contributed by atoms with van der Waals surface area (Å²) in [5.41, 5.74) is 14.7. The Kier molecular flexibility index (Phi) is 16.4. The summed E-state index contributed by atoms with van der Waals surface area (Å²) >= 11 is 0. The number of hydrogen-bond acceptors (Lipinski definition) is 6. The molecule has 0 aliphatic carbocycles. The van der Waals surface area contributed by atoms with Gasteiger partial charge in [-0.25, -0.2) is 0 Å². The first-order valence-electron chi connectivity index (χ1n) is 21.4. The van der Waals surface area contributed by atoms with Gasteiger partial charge >= 0.3 is 0 Å². The molecule has 6 nitrogen and oxygen atoms in total. The predicted octanol–water partition coefficient (Wildman–Crippen LogP) is 12.5. The Bertz CT molecular complexity index is 2200. The van der Waals surface area contributed by atoms with Crippen molar-refractivity contribution in [2.24, 2.45) is 0 Å². The molecule has 0 fully saturated rings. The SMILES string of the molecule is C/C=C\C(=C(/CC)OCc1c(C)cc(C)cc1C)c1cccc(CN[C@@H](CCCC)CNCc2cccc(-c3ccccc3OCc3c(C)cc(C)cc3C)c2O)c1O. The van der Waals surface area contributed by atoms with E-state index in [1.165, 1.54) is 44.5 Å². The van der Waals surface area contributed by atoms with Crippen molar-refractivity contribution in [2.45, 2.75) is 120 Å². The van der Waals surface area contributed by atoms with Gasteiger partial charge in [-0.05, 0) is 94.3 Å². The zero-order chi connectivity index (χ0) is 42.5. The lowest BCUT2D eigenvalue weighted by Gasteiger charge is -2.21. The summed E-state index contributed by atoms with van der Waals surface area (Å²) in [4.78, 5) is 0. The highest BCUT2D eigenvalue weighted by atomic mass is 16.5. The molecule has 0 amide bonds. The third-order valence-corrected chi connectivity index (χ3v) is 11.3. The van der Waals surface area contributed by atoms with E-state index < -0.39 is 0 Å². The Labute approximate surface area is 354 Å². The molecule has 0 radical (unpaired) electrons. The van der Waals surface area contributed by atoms with Crippen LogP contribution in [0.3, 0.4) is 0 Å². The number of phenolic OH excluding ortho intramolecular Hbond substituents is 2. The van der Waals surface area contributed by atoms with Crippen molar-refractivity contribution < 1.29 is 19.7 Å². The lowest BCUT2D eigenvalue weighted by molar-refractivity contribution is 0.192. The number of nitrogens with one attached hydrogen (secondary N) is 2. The molecule has 312 valence electrons. The van der Waals surface area contributed by atoms with Crippen LogP contribution in [0.4, 0.5) is 0 Å². The van der Waals surface area contributed by atoms with Crippen LogP contribution in [-0.2, 0) is 31.0 Å². The van der Waals surface area contributed by atoms with E-state index >= 15 is 0 Å². The third-order valence-electron chi connectivity index (χ3n) is 11.3. The van der Waals surface area contributed by atoms with Crippen molar-refractivity contribution >= 4 is 5.57 Å². The third kappa shape index (κ3) is 11.7. The fraction of sp³-hybridized carbons (Fsp3) is 0.358. The number of rotatable bonds is 20. The second-order valence-corrected chi connectivity index (χ2v) is 16.0. The molecule has 0 saturated carbocycles. The number of aryl methyl sites for hydroxylation is 6. The number of unbranched alkanes of at least 4 members (excludes halogenated alkanes) is 1. The first kappa shape index (κ1) is 44.8. The minimum atomic E-state index is 0.159. The quantitative estimate of drug-likeness (QED) is 0.0464. The van der Waals surface area contributed by atoms with Crippen LogP contribution in [0.1, 0.15) is 108 Å². The Morgan fingerprint density at radius 3 is 1.92 bits per heavy atom.